The first-order valence-electron chi connectivity index (χ1n) is 7.84. The van der Waals surface area contributed by atoms with Gasteiger partial charge in [0.25, 0.3) is 5.91 Å². The summed E-state index contributed by atoms with van der Waals surface area (Å²) in [7, 11) is 0. The summed E-state index contributed by atoms with van der Waals surface area (Å²) < 4.78 is 10.9. The van der Waals surface area contributed by atoms with Crippen molar-refractivity contribution in [3.8, 4) is 5.75 Å². The molecule has 6 heteroatoms. The Labute approximate surface area is 140 Å². The van der Waals surface area contributed by atoms with Gasteiger partial charge in [-0.15, -0.1) is 0 Å². The zero-order valence-corrected chi connectivity index (χ0v) is 14.0. The van der Waals surface area contributed by atoms with Gasteiger partial charge in [-0.3, -0.25) is 4.79 Å². The number of hydrogen-bond donors (Lipinski definition) is 0. The molecule has 122 valence electrons. The summed E-state index contributed by atoms with van der Waals surface area (Å²) in [6.07, 6.45) is 2.87. The predicted molar refractivity (Wildman–Crippen MR) is 92.6 cm³/mol. The van der Waals surface area contributed by atoms with Crippen LogP contribution >= 0.6 is 11.8 Å². The molecule has 2 heterocycles. The third kappa shape index (κ3) is 4.14. The van der Waals surface area contributed by atoms with E-state index in [2.05, 4.69) is 16.8 Å². The van der Waals surface area contributed by atoms with E-state index in [0.29, 0.717) is 24.7 Å². The number of carbonyl (C=O) groups excluding carboxylic acids is 1. The van der Waals surface area contributed by atoms with E-state index in [1.165, 1.54) is 11.8 Å². The highest BCUT2D eigenvalue weighted by atomic mass is 32.2. The maximum absolute atomic E-state index is 12.1. The standard InChI is InChI=1S/C17H20N2O3S/c1-2-9-22-14-5-3-13(4-6-14)12-15-16(20)18-17(23-15)19-7-10-21-11-8-19/h3-6,12H,2,7-11H2,1H3/b15-12-. The molecule has 1 saturated heterocycles. The van der Waals surface area contributed by atoms with Crippen molar-refractivity contribution in [1.82, 2.24) is 4.90 Å². The average Bonchev–Trinajstić information content (AvgIpc) is 2.96. The zero-order chi connectivity index (χ0) is 16.1. The second-order valence-corrected chi connectivity index (χ2v) is 6.34. The minimum absolute atomic E-state index is 0.164. The fraction of sp³-hybridized carbons (Fsp3) is 0.412. The number of ether oxygens (including phenoxy) is 2. The first-order chi connectivity index (χ1) is 11.3. The Balaban J connectivity index is 1.65. The van der Waals surface area contributed by atoms with Gasteiger partial charge in [-0.1, -0.05) is 19.1 Å². The second kappa shape index (κ2) is 7.66. The molecular weight excluding hydrogens is 312 g/mol. The van der Waals surface area contributed by atoms with Crippen molar-refractivity contribution in [3.05, 3.63) is 34.7 Å². The summed E-state index contributed by atoms with van der Waals surface area (Å²) in [5.74, 6) is 0.687. The van der Waals surface area contributed by atoms with Gasteiger partial charge in [0, 0.05) is 13.1 Å². The molecule has 1 fully saturated rings. The Hall–Kier alpha value is -1.79. The van der Waals surface area contributed by atoms with Gasteiger partial charge in [0.1, 0.15) is 5.75 Å². The van der Waals surface area contributed by atoms with Crippen LogP contribution in [0.3, 0.4) is 0 Å². The van der Waals surface area contributed by atoms with E-state index in [4.69, 9.17) is 9.47 Å². The van der Waals surface area contributed by atoms with Gasteiger partial charge in [0.2, 0.25) is 0 Å². The summed E-state index contributed by atoms with van der Waals surface area (Å²) in [4.78, 5) is 19.0. The maximum Gasteiger partial charge on any atom is 0.286 e. The molecule has 0 spiro atoms. The van der Waals surface area contributed by atoms with Gasteiger partial charge >= 0.3 is 0 Å². The fourth-order valence-corrected chi connectivity index (χ4v) is 3.28. The first-order valence-corrected chi connectivity index (χ1v) is 8.66. The summed E-state index contributed by atoms with van der Waals surface area (Å²) in [6, 6.07) is 7.77. The monoisotopic (exact) mass is 332 g/mol. The lowest BCUT2D eigenvalue weighted by Crippen LogP contribution is -2.38. The van der Waals surface area contributed by atoms with Crippen molar-refractivity contribution in [2.45, 2.75) is 13.3 Å². The van der Waals surface area contributed by atoms with E-state index in [9.17, 15) is 4.79 Å². The molecule has 3 rings (SSSR count). The zero-order valence-electron chi connectivity index (χ0n) is 13.2. The van der Waals surface area contributed by atoms with Crippen LogP contribution in [0.4, 0.5) is 0 Å². The largest absolute Gasteiger partial charge is 0.494 e. The van der Waals surface area contributed by atoms with E-state index < -0.39 is 0 Å². The van der Waals surface area contributed by atoms with Gasteiger partial charge in [-0.2, -0.15) is 4.99 Å². The minimum Gasteiger partial charge on any atom is -0.494 e. The lowest BCUT2D eigenvalue weighted by atomic mass is 10.2. The van der Waals surface area contributed by atoms with Crippen molar-refractivity contribution in [3.63, 3.8) is 0 Å². The molecule has 5 nitrogen and oxygen atoms in total. The molecule has 23 heavy (non-hydrogen) atoms. The number of thioether (sulfide) groups is 1. The molecule has 0 aromatic heterocycles. The number of rotatable bonds is 4. The van der Waals surface area contributed by atoms with Gasteiger partial charge in [-0.05, 0) is 42.0 Å². The molecule has 0 bridgehead atoms. The van der Waals surface area contributed by atoms with Crippen LogP contribution in [0.15, 0.2) is 34.2 Å². The van der Waals surface area contributed by atoms with E-state index in [1.54, 1.807) is 0 Å². The van der Waals surface area contributed by atoms with Gasteiger partial charge in [0.15, 0.2) is 5.17 Å². The number of morpholine rings is 1. The summed E-state index contributed by atoms with van der Waals surface area (Å²) in [5.41, 5.74) is 0.975. The number of hydrogen-bond acceptors (Lipinski definition) is 5. The molecule has 2 aliphatic heterocycles. The van der Waals surface area contributed by atoms with Gasteiger partial charge in [0.05, 0.1) is 24.7 Å². The van der Waals surface area contributed by atoms with Crippen molar-refractivity contribution in [1.29, 1.82) is 0 Å². The molecule has 1 aromatic rings. The molecule has 1 amide bonds. The van der Waals surface area contributed by atoms with Gasteiger partial charge in [-0.25, -0.2) is 0 Å². The highest BCUT2D eigenvalue weighted by Gasteiger charge is 2.26. The number of carbonyl (C=O) groups is 1. The van der Waals surface area contributed by atoms with Crippen LogP contribution in [0.2, 0.25) is 0 Å². The summed E-state index contributed by atoms with van der Waals surface area (Å²) in [5, 5.41) is 0.785. The smallest absolute Gasteiger partial charge is 0.286 e. The van der Waals surface area contributed by atoms with E-state index >= 15 is 0 Å². The first kappa shape index (κ1) is 16.1. The topological polar surface area (TPSA) is 51.1 Å². The van der Waals surface area contributed by atoms with Crippen LogP contribution < -0.4 is 4.74 Å². The van der Waals surface area contributed by atoms with Crippen molar-refractivity contribution >= 4 is 28.9 Å². The maximum atomic E-state index is 12.1. The molecular formula is C17H20N2O3S. The fourth-order valence-electron chi connectivity index (χ4n) is 2.32. The highest BCUT2D eigenvalue weighted by Crippen LogP contribution is 2.30. The predicted octanol–water partition coefficient (Wildman–Crippen LogP) is 2.78. The van der Waals surface area contributed by atoms with Crippen molar-refractivity contribution in [2.75, 3.05) is 32.9 Å². The van der Waals surface area contributed by atoms with Crippen LogP contribution in [0.5, 0.6) is 5.75 Å². The molecule has 0 N–H and O–H groups in total. The van der Waals surface area contributed by atoms with Crippen LogP contribution in [0.25, 0.3) is 6.08 Å². The lowest BCUT2D eigenvalue weighted by molar-refractivity contribution is -0.113. The van der Waals surface area contributed by atoms with Crippen molar-refractivity contribution in [2.24, 2.45) is 4.99 Å². The minimum atomic E-state index is -0.164. The number of aliphatic imine (C=N–C) groups is 1. The number of amidine groups is 1. The Kier molecular flexibility index (Phi) is 5.35. The van der Waals surface area contributed by atoms with E-state index in [1.807, 2.05) is 30.3 Å². The third-order valence-corrected chi connectivity index (χ3v) is 4.59. The Morgan fingerprint density at radius 1 is 1.30 bits per heavy atom. The third-order valence-electron chi connectivity index (χ3n) is 3.54. The molecule has 0 atom stereocenters. The van der Waals surface area contributed by atoms with E-state index in [-0.39, 0.29) is 5.91 Å². The number of benzene rings is 1. The second-order valence-electron chi connectivity index (χ2n) is 5.33. The number of amides is 1. The van der Waals surface area contributed by atoms with Crippen LogP contribution in [0, 0.1) is 0 Å². The summed E-state index contributed by atoms with van der Waals surface area (Å²) in [6.45, 7) is 5.74. The normalized spacial score (nSPS) is 20.0. The Morgan fingerprint density at radius 3 is 2.74 bits per heavy atom. The molecule has 1 aromatic carbocycles. The molecule has 0 radical (unpaired) electrons. The van der Waals surface area contributed by atoms with Crippen LogP contribution in [-0.4, -0.2) is 48.9 Å². The molecule has 0 unspecified atom stereocenters. The average molecular weight is 332 g/mol. The number of nitrogens with zero attached hydrogens (tertiary/aromatic N) is 2. The Bertz CT molecular complexity index is 619. The molecule has 0 saturated carbocycles. The van der Waals surface area contributed by atoms with Crippen LogP contribution in [-0.2, 0) is 9.53 Å². The van der Waals surface area contributed by atoms with E-state index in [0.717, 1.165) is 36.0 Å². The summed E-state index contributed by atoms with van der Waals surface area (Å²) >= 11 is 1.44. The van der Waals surface area contributed by atoms with Gasteiger partial charge < -0.3 is 14.4 Å². The lowest BCUT2D eigenvalue weighted by Gasteiger charge is -2.27. The Morgan fingerprint density at radius 2 is 2.04 bits per heavy atom. The molecule has 0 aliphatic carbocycles. The molecule has 2 aliphatic rings. The highest BCUT2D eigenvalue weighted by molar-refractivity contribution is 8.18. The SMILES string of the molecule is CCCOc1ccc(/C=C2\SC(N3CCOCC3)=NC2=O)cc1. The quantitative estimate of drug-likeness (QED) is 0.794. The van der Waals surface area contributed by atoms with Crippen LogP contribution in [0.1, 0.15) is 18.9 Å². The van der Waals surface area contributed by atoms with Crippen molar-refractivity contribution < 1.29 is 14.3 Å².